The van der Waals surface area contributed by atoms with E-state index in [9.17, 15) is 9.59 Å². The van der Waals surface area contributed by atoms with E-state index in [-0.39, 0.29) is 0 Å². The van der Waals surface area contributed by atoms with Crippen LogP contribution < -0.4 is 14.4 Å². The molecule has 2 N–H and O–H groups in total. The van der Waals surface area contributed by atoms with Crippen molar-refractivity contribution in [3.05, 3.63) is 96.6 Å². The number of nitrogens with zero attached hydrogens (tertiary/aromatic N) is 3. The standard InChI is InChI=1S/C30H35N3O2S.C4H4O4/c1-34-26-13-15-27(16-14-26)35-22-8-7-19-32-20-17-25(18-21-32)33(23-24-9-3-2-4-10-24)30-31-28-11-5-6-12-29(28)36-30;5-3(6)1-2-4(7)8/h2-6,9-16,25H,7-8,17-23H2,1H3;1-2H,(H,5,6)(H,7,8). The van der Waals surface area contributed by atoms with Crippen LogP contribution in [0.4, 0.5) is 5.13 Å². The first-order chi connectivity index (χ1) is 21.4. The number of piperidine rings is 1. The second kappa shape index (κ2) is 17.0. The number of likely N-dealkylation sites (tertiary alicyclic amines) is 1. The van der Waals surface area contributed by atoms with Crippen molar-refractivity contribution in [1.29, 1.82) is 0 Å². The molecule has 2 heterocycles. The molecule has 3 aromatic carbocycles. The zero-order valence-corrected chi connectivity index (χ0v) is 25.7. The summed E-state index contributed by atoms with van der Waals surface area (Å²) in [7, 11) is 1.68. The number of aliphatic carboxylic acids is 2. The van der Waals surface area contributed by atoms with Gasteiger partial charge in [-0.25, -0.2) is 14.6 Å². The third kappa shape index (κ3) is 10.4. The number of para-hydroxylation sites is 1. The fourth-order valence-electron chi connectivity index (χ4n) is 5.01. The second-order valence-corrected chi connectivity index (χ2v) is 11.4. The molecule has 1 aliphatic heterocycles. The Morgan fingerprint density at radius 3 is 2.18 bits per heavy atom. The number of ether oxygens (including phenoxy) is 2. The van der Waals surface area contributed by atoms with Gasteiger partial charge in [0.25, 0.3) is 0 Å². The molecule has 0 radical (unpaired) electrons. The summed E-state index contributed by atoms with van der Waals surface area (Å²) in [6.07, 6.45) is 5.69. The Morgan fingerprint density at radius 2 is 1.55 bits per heavy atom. The highest BCUT2D eigenvalue weighted by atomic mass is 32.1. The number of aromatic nitrogens is 1. The van der Waals surface area contributed by atoms with Crippen molar-refractivity contribution in [2.24, 2.45) is 0 Å². The van der Waals surface area contributed by atoms with Crippen molar-refractivity contribution >= 4 is 38.6 Å². The van der Waals surface area contributed by atoms with Gasteiger partial charge in [0, 0.05) is 37.8 Å². The Hall–Kier alpha value is -4.41. The van der Waals surface area contributed by atoms with Crippen LogP contribution in [0.5, 0.6) is 11.5 Å². The SMILES string of the molecule is COc1ccc(OCCCCN2CCC(N(Cc3ccccc3)c3nc4ccccc4s3)CC2)cc1.O=C(O)C=CC(=O)O. The van der Waals surface area contributed by atoms with Crippen LogP contribution in [0.3, 0.4) is 0 Å². The van der Waals surface area contributed by atoms with Gasteiger partial charge in [-0.05, 0) is 74.2 Å². The number of carboxylic acid groups (broad SMARTS) is 2. The Bertz CT molecular complexity index is 1430. The fourth-order valence-corrected chi connectivity index (χ4v) is 6.05. The minimum Gasteiger partial charge on any atom is -0.497 e. The molecule has 4 aromatic rings. The predicted molar refractivity (Wildman–Crippen MR) is 174 cm³/mol. The number of thiazole rings is 1. The van der Waals surface area contributed by atoms with Gasteiger partial charge in [-0.3, -0.25) is 0 Å². The molecule has 0 atom stereocenters. The maximum atomic E-state index is 9.55. The van der Waals surface area contributed by atoms with Gasteiger partial charge in [0.1, 0.15) is 11.5 Å². The van der Waals surface area contributed by atoms with E-state index in [2.05, 4.69) is 64.4 Å². The Morgan fingerprint density at radius 1 is 0.909 bits per heavy atom. The predicted octanol–water partition coefficient (Wildman–Crippen LogP) is 6.35. The number of hydrogen-bond acceptors (Lipinski definition) is 8. The lowest BCUT2D eigenvalue weighted by molar-refractivity contribution is -0.134. The summed E-state index contributed by atoms with van der Waals surface area (Å²) >= 11 is 1.82. The van der Waals surface area contributed by atoms with Crippen molar-refractivity contribution in [3.8, 4) is 11.5 Å². The monoisotopic (exact) mass is 617 g/mol. The summed E-state index contributed by atoms with van der Waals surface area (Å²) in [6.45, 7) is 5.08. The second-order valence-electron chi connectivity index (χ2n) is 10.4. The summed E-state index contributed by atoms with van der Waals surface area (Å²) in [4.78, 5) is 29.3. The number of anilines is 1. The average molecular weight is 618 g/mol. The molecule has 1 fully saturated rings. The normalized spacial score (nSPS) is 13.8. The van der Waals surface area contributed by atoms with Crippen LogP contribution >= 0.6 is 11.3 Å². The quantitative estimate of drug-likeness (QED) is 0.131. The molecular formula is C34H39N3O6S. The number of carboxylic acids is 2. The van der Waals surface area contributed by atoms with Crippen LogP contribution in [0.1, 0.15) is 31.2 Å². The van der Waals surface area contributed by atoms with Crippen LogP contribution in [0.15, 0.2) is 91.0 Å². The number of unbranched alkanes of at least 4 members (excludes halogenated alkanes) is 1. The molecule has 0 aliphatic carbocycles. The molecular weight excluding hydrogens is 578 g/mol. The molecule has 44 heavy (non-hydrogen) atoms. The van der Waals surface area contributed by atoms with E-state index in [0.29, 0.717) is 18.2 Å². The molecule has 5 rings (SSSR count). The molecule has 0 saturated carbocycles. The molecule has 1 saturated heterocycles. The van der Waals surface area contributed by atoms with Gasteiger partial charge in [-0.1, -0.05) is 53.8 Å². The van der Waals surface area contributed by atoms with Crippen molar-refractivity contribution in [2.75, 3.05) is 38.3 Å². The molecule has 10 heteroatoms. The van der Waals surface area contributed by atoms with E-state index in [1.165, 1.54) is 23.1 Å². The number of hydrogen-bond donors (Lipinski definition) is 2. The van der Waals surface area contributed by atoms with Gasteiger partial charge in [0.05, 0.1) is 23.9 Å². The van der Waals surface area contributed by atoms with Gasteiger partial charge in [0.2, 0.25) is 0 Å². The number of benzene rings is 3. The first kappa shape index (κ1) is 32.5. The summed E-state index contributed by atoms with van der Waals surface area (Å²) in [5, 5.41) is 16.8. The number of fused-ring (bicyclic) bond motifs is 1. The van der Waals surface area contributed by atoms with Crippen LogP contribution in [-0.2, 0) is 16.1 Å². The third-order valence-electron chi connectivity index (χ3n) is 7.29. The fraction of sp³-hybridized carbons (Fsp3) is 0.324. The van der Waals surface area contributed by atoms with Gasteiger partial charge in [-0.2, -0.15) is 0 Å². The molecule has 1 aromatic heterocycles. The number of rotatable bonds is 13. The van der Waals surface area contributed by atoms with E-state index >= 15 is 0 Å². The molecule has 0 bridgehead atoms. The zero-order valence-electron chi connectivity index (χ0n) is 24.9. The summed E-state index contributed by atoms with van der Waals surface area (Å²) in [6, 6.07) is 27.6. The topological polar surface area (TPSA) is 112 Å². The van der Waals surface area contributed by atoms with Crippen molar-refractivity contribution in [1.82, 2.24) is 9.88 Å². The van der Waals surface area contributed by atoms with Crippen molar-refractivity contribution in [2.45, 2.75) is 38.3 Å². The molecule has 9 nitrogen and oxygen atoms in total. The lowest BCUT2D eigenvalue weighted by atomic mass is 10.0. The molecule has 1 aliphatic rings. The summed E-state index contributed by atoms with van der Waals surface area (Å²) < 4.78 is 12.4. The minimum atomic E-state index is -1.26. The van der Waals surface area contributed by atoms with Crippen LogP contribution in [0.2, 0.25) is 0 Å². The number of carbonyl (C=O) groups is 2. The lowest BCUT2D eigenvalue weighted by Crippen LogP contribution is -2.45. The first-order valence-corrected chi connectivity index (χ1v) is 15.5. The van der Waals surface area contributed by atoms with Gasteiger partial charge < -0.3 is 29.5 Å². The largest absolute Gasteiger partial charge is 0.497 e. The van der Waals surface area contributed by atoms with Crippen LogP contribution in [0, 0.1) is 0 Å². The summed E-state index contributed by atoms with van der Waals surface area (Å²) in [5.41, 5.74) is 2.45. The van der Waals surface area contributed by atoms with E-state index in [4.69, 9.17) is 24.7 Å². The van der Waals surface area contributed by atoms with Crippen LogP contribution in [-0.4, -0.2) is 71.4 Å². The maximum absolute atomic E-state index is 9.55. The summed E-state index contributed by atoms with van der Waals surface area (Å²) in [5.74, 6) is -0.749. The van der Waals surface area contributed by atoms with Gasteiger partial charge in [-0.15, -0.1) is 0 Å². The Labute approximate surface area is 262 Å². The smallest absolute Gasteiger partial charge is 0.328 e. The van der Waals surface area contributed by atoms with E-state index in [1.54, 1.807) is 7.11 Å². The highest BCUT2D eigenvalue weighted by Gasteiger charge is 2.27. The van der Waals surface area contributed by atoms with Crippen molar-refractivity contribution in [3.63, 3.8) is 0 Å². The highest BCUT2D eigenvalue weighted by molar-refractivity contribution is 7.22. The third-order valence-corrected chi connectivity index (χ3v) is 8.36. The molecule has 0 spiro atoms. The van der Waals surface area contributed by atoms with Gasteiger partial charge >= 0.3 is 11.9 Å². The van der Waals surface area contributed by atoms with E-state index in [1.807, 2.05) is 35.6 Å². The van der Waals surface area contributed by atoms with Gasteiger partial charge in [0.15, 0.2) is 5.13 Å². The minimum absolute atomic E-state index is 0.514. The highest BCUT2D eigenvalue weighted by Crippen LogP contribution is 2.33. The van der Waals surface area contributed by atoms with Crippen LogP contribution in [0.25, 0.3) is 10.2 Å². The number of methoxy groups -OCH3 is 1. The molecule has 0 unspecified atom stereocenters. The Kier molecular flexibility index (Phi) is 12.6. The van der Waals surface area contributed by atoms with E-state index in [0.717, 1.165) is 67.8 Å². The maximum Gasteiger partial charge on any atom is 0.328 e. The average Bonchev–Trinajstić information content (AvgIpc) is 3.48. The van der Waals surface area contributed by atoms with E-state index < -0.39 is 11.9 Å². The molecule has 0 amide bonds. The lowest BCUT2D eigenvalue weighted by Gasteiger charge is -2.38. The first-order valence-electron chi connectivity index (χ1n) is 14.7. The Balaban J connectivity index is 0.000000488. The van der Waals surface area contributed by atoms with Crippen molar-refractivity contribution < 1.29 is 29.3 Å². The zero-order chi connectivity index (χ0) is 31.1. The molecule has 232 valence electrons.